The highest BCUT2D eigenvalue weighted by Crippen LogP contribution is 2.22. The van der Waals surface area contributed by atoms with E-state index >= 15 is 0 Å². The molecule has 9 nitrogen and oxygen atoms in total. The number of nitrogens with one attached hydrogen (secondary N) is 2. The van der Waals surface area contributed by atoms with E-state index in [0.717, 1.165) is 36.7 Å². The number of urea groups is 1. The van der Waals surface area contributed by atoms with E-state index < -0.39 is 0 Å². The lowest BCUT2D eigenvalue weighted by Crippen LogP contribution is -2.50. The van der Waals surface area contributed by atoms with Gasteiger partial charge in [0.2, 0.25) is 0 Å². The Morgan fingerprint density at radius 2 is 2.10 bits per heavy atom. The number of piperazine rings is 1. The number of ether oxygens (including phenoxy) is 1. The Labute approximate surface area is 183 Å². The molecule has 2 fully saturated rings. The van der Waals surface area contributed by atoms with Crippen molar-refractivity contribution in [2.75, 3.05) is 49.5 Å². The molecular weight excluding hydrogens is 428 g/mol. The van der Waals surface area contributed by atoms with Crippen LogP contribution < -0.4 is 15.5 Å². The first kappa shape index (κ1) is 20.8. The minimum atomic E-state index is -0.361. The summed E-state index contributed by atoms with van der Waals surface area (Å²) in [7, 11) is 0. The van der Waals surface area contributed by atoms with Crippen molar-refractivity contribution in [3.8, 4) is 0 Å². The zero-order chi connectivity index (χ0) is 20.9. The molecule has 2 aliphatic rings. The minimum Gasteiger partial charge on any atom is -0.376 e. The summed E-state index contributed by atoms with van der Waals surface area (Å²) in [6, 6.07) is 7.42. The summed E-state index contributed by atoms with van der Waals surface area (Å²) in [6.07, 6.45) is 1.97. The van der Waals surface area contributed by atoms with Gasteiger partial charge in [-0.2, -0.15) is 0 Å². The number of aromatic nitrogens is 2. The number of rotatable bonds is 5. The molecule has 0 bridgehead atoms. The summed E-state index contributed by atoms with van der Waals surface area (Å²) in [5.74, 6) is -0.361. The second kappa shape index (κ2) is 9.59. The van der Waals surface area contributed by atoms with Crippen LogP contribution in [0.25, 0.3) is 0 Å². The third-order valence-electron chi connectivity index (χ3n) is 5.18. The maximum Gasteiger partial charge on any atom is 0.322 e. The molecule has 160 valence electrons. The van der Waals surface area contributed by atoms with Gasteiger partial charge in [0.15, 0.2) is 10.7 Å². The predicted octanol–water partition coefficient (Wildman–Crippen LogP) is 2.45. The van der Waals surface area contributed by atoms with Crippen LogP contribution in [0.2, 0.25) is 5.02 Å². The van der Waals surface area contributed by atoms with Crippen molar-refractivity contribution in [3.05, 3.63) is 35.0 Å². The standard InChI is InChI=1S/C19H23ClN6O3S/c20-13-3-1-4-14(11-13)25-6-8-26(9-7-25)19(28)22-18-16(23-24-30-18)17(27)21-12-15-5-2-10-29-15/h1,3-4,11,15H,2,5-10,12H2,(H,21,27)(H,22,28)/t15-/m1/s1. The van der Waals surface area contributed by atoms with Gasteiger partial charge in [-0.3, -0.25) is 10.1 Å². The minimum absolute atomic E-state index is 0.0365. The third kappa shape index (κ3) is 5.00. The molecule has 1 atom stereocenters. The van der Waals surface area contributed by atoms with Crippen LogP contribution in [0.15, 0.2) is 24.3 Å². The van der Waals surface area contributed by atoms with E-state index in [9.17, 15) is 9.59 Å². The van der Waals surface area contributed by atoms with E-state index in [0.29, 0.717) is 42.7 Å². The quantitative estimate of drug-likeness (QED) is 0.725. The normalized spacial score (nSPS) is 19.0. The Morgan fingerprint density at radius 1 is 1.27 bits per heavy atom. The maximum atomic E-state index is 12.7. The molecule has 30 heavy (non-hydrogen) atoms. The summed E-state index contributed by atoms with van der Waals surface area (Å²) < 4.78 is 9.33. The number of amides is 3. The van der Waals surface area contributed by atoms with Gasteiger partial charge < -0.3 is 19.9 Å². The fraction of sp³-hybridized carbons (Fsp3) is 0.474. The average Bonchev–Trinajstić information content (AvgIpc) is 3.44. The van der Waals surface area contributed by atoms with Crippen LogP contribution in [-0.2, 0) is 4.74 Å². The summed E-state index contributed by atoms with van der Waals surface area (Å²) >= 11 is 7.06. The first-order valence-electron chi connectivity index (χ1n) is 9.89. The fourth-order valence-corrected chi connectivity index (χ4v) is 4.28. The van der Waals surface area contributed by atoms with Crippen molar-refractivity contribution in [1.82, 2.24) is 19.8 Å². The van der Waals surface area contributed by atoms with Crippen molar-refractivity contribution in [3.63, 3.8) is 0 Å². The Balaban J connectivity index is 1.29. The third-order valence-corrected chi connectivity index (χ3v) is 6.05. The number of hydrogen-bond acceptors (Lipinski definition) is 7. The molecule has 0 aliphatic carbocycles. The van der Waals surface area contributed by atoms with Crippen molar-refractivity contribution < 1.29 is 14.3 Å². The number of halogens is 1. The zero-order valence-corrected chi connectivity index (χ0v) is 17.9. The Morgan fingerprint density at radius 3 is 2.83 bits per heavy atom. The van der Waals surface area contributed by atoms with Crippen LogP contribution in [0.1, 0.15) is 23.3 Å². The second-order valence-corrected chi connectivity index (χ2v) is 8.37. The van der Waals surface area contributed by atoms with E-state index in [1.165, 1.54) is 0 Å². The van der Waals surface area contributed by atoms with Crippen molar-refractivity contribution in [2.24, 2.45) is 0 Å². The van der Waals surface area contributed by atoms with Crippen LogP contribution in [0.3, 0.4) is 0 Å². The highest BCUT2D eigenvalue weighted by molar-refractivity contribution is 7.10. The number of benzene rings is 1. The van der Waals surface area contributed by atoms with Crippen LogP contribution in [0.5, 0.6) is 0 Å². The number of anilines is 2. The molecule has 0 radical (unpaired) electrons. The number of hydrogen-bond donors (Lipinski definition) is 2. The van der Waals surface area contributed by atoms with Gasteiger partial charge in [0.25, 0.3) is 5.91 Å². The number of carbonyl (C=O) groups is 2. The first-order chi connectivity index (χ1) is 14.6. The molecule has 2 N–H and O–H groups in total. The highest BCUT2D eigenvalue weighted by Gasteiger charge is 2.25. The lowest BCUT2D eigenvalue weighted by Gasteiger charge is -2.36. The van der Waals surface area contributed by atoms with Gasteiger partial charge >= 0.3 is 6.03 Å². The first-order valence-corrected chi connectivity index (χ1v) is 11.0. The summed E-state index contributed by atoms with van der Waals surface area (Å²) in [6.45, 7) is 3.67. The smallest absolute Gasteiger partial charge is 0.322 e. The van der Waals surface area contributed by atoms with Crippen molar-refractivity contribution >= 4 is 45.8 Å². The Kier molecular flexibility index (Phi) is 6.66. The van der Waals surface area contributed by atoms with Crippen LogP contribution in [0, 0.1) is 0 Å². The molecule has 2 aromatic rings. The van der Waals surface area contributed by atoms with Gasteiger partial charge in [0.1, 0.15) is 0 Å². The molecule has 0 unspecified atom stereocenters. The SMILES string of the molecule is O=C(NC[C@H]1CCCO1)c1nnsc1NC(=O)N1CCN(c2cccc(Cl)c2)CC1. The number of carbonyl (C=O) groups excluding carboxylic acids is 2. The summed E-state index contributed by atoms with van der Waals surface area (Å²) in [5.41, 5.74) is 1.17. The molecule has 1 aromatic carbocycles. The molecule has 0 saturated carbocycles. The molecule has 2 saturated heterocycles. The van der Waals surface area contributed by atoms with E-state index in [2.05, 4.69) is 25.1 Å². The van der Waals surface area contributed by atoms with Gasteiger partial charge in [0.05, 0.1) is 6.10 Å². The lowest BCUT2D eigenvalue weighted by atomic mass is 10.2. The largest absolute Gasteiger partial charge is 0.376 e. The molecule has 11 heteroatoms. The molecule has 0 spiro atoms. The fourth-order valence-electron chi connectivity index (χ4n) is 3.53. The second-order valence-electron chi connectivity index (χ2n) is 7.18. The molecule has 2 aliphatic heterocycles. The Hall–Kier alpha value is -2.43. The van der Waals surface area contributed by atoms with E-state index in [-0.39, 0.29) is 23.7 Å². The van der Waals surface area contributed by atoms with Gasteiger partial charge in [-0.05, 0) is 31.0 Å². The van der Waals surface area contributed by atoms with Gasteiger partial charge in [-0.15, -0.1) is 5.10 Å². The van der Waals surface area contributed by atoms with E-state index in [4.69, 9.17) is 16.3 Å². The van der Waals surface area contributed by atoms with Gasteiger partial charge in [0, 0.05) is 61.6 Å². The Bertz CT molecular complexity index is 896. The van der Waals surface area contributed by atoms with E-state index in [1.807, 2.05) is 24.3 Å². The van der Waals surface area contributed by atoms with Crippen LogP contribution in [-0.4, -0.2) is 71.9 Å². The van der Waals surface area contributed by atoms with Crippen LogP contribution in [0.4, 0.5) is 15.5 Å². The van der Waals surface area contributed by atoms with E-state index in [1.54, 1.807) is 4.90 Å². The molecular formula is C19H23ClN6O3S. The maximum absolute atomic E-state index is 12.7. The molecule has 4 rings (SSSR count). The molecule has 3 amide bonds. The topological polar surface area (TPSA) is 99.7 Å². The zero-order valence-electron chi connectivity index (χ0n) is 16.3. The van der Waals surface area contributed by atoms with Gasteiger partial charge in [-0.25, -0.2) is 4.79 Å². The molecule has 1 aromatic heterocycles. The average molecular weight is 451 g/mol. The predicted molar refractivity (Wildman–Crippen MR) is 115 cm³/mol. The van der Waals surface area contributed by atoms with Crippen molar-refractivity contribution in [1.29, 1.82) is 0 Å². The molecule has 3 heterocycles. The number of nitrogens with zero attached hydrogens (tertiary/aromatic N) is 4. The lowest BCUT2D eigenvalue weighted by molar-refractivity contribution is 0.0854. The van der Waals surface area contributed by atoms with Gasteiger partial charge in [-0.1, -0.05) is 22.2 Å². The van der Waals surface area contributed by atoms with Crippen molar-refractivity contribution in [2.45, 2.75) is 18.9 Å². The highest BCUT2D eigenvalue weighted by atomic mass is 35.5. The summed E-state index contributed by atoms with van der Waals surface area (Å²) in [4.78, 5) is 29.0. The summed E-state index contributed by atoms with van der Waals surface area (Å²) in [5, 5.41) is 10.5. The van der Waals surface area contributed by atoms with Crippen LogP contribution >= 0.6 is 23.1 Å². The monoisotopic (exact) mass is 450 g/mol.